The number of fused-ring (bicyclic) bond motifs is 1. The van der Waals surface area contributed by atoms with Crippen LogP contribution >= 0.6 is 46.1 Å². The molecule has 0 fully saturated rings. The number of halogens is 3. The van der Waals surface area contributed by atoms with Gasteiger partial charge in [0.2, 0.25) is 0 Å². The highest BCUT2D eigenvalue weighted by Gasteiger charge is 2.16. The van der Waals surface area contributed by atoms with E-state index in [1.54, 1.807) is 36.4 Å². The number of pyridine rings is 1. The second kappa shape index (κ2) is 9.12. The molecule has 0 atom stereocenters. The van der Waals surface area contributed by atoms with E-state index in [2.05, 4.69) is 10.3 Å². The third-order valence-electron chi connectivity index (χ3n) is 5.03. The average molecular weight is 511 g/mol. The Hall–Kier alpha value is -2.96. The first-order chi connectivity index (χ1) is 16.0. The minimum absolute atomic E-state index is 0.271. The Labute approximate surface area is 208 Å². The molecule has 0 radical (unpaired) electrons. The fraction of sp³-hybridized carbons (Fsp3) is 0. The van der Waals surface area contributed by atoms with Crippen LogP contribution in [0.1, 0.15) is 10.4 Å². The minimum Gasteiger partial charge on any atom is -0.298 e. The summed E-state index contributed by atoms with van der Waals surface area (Å²) in [5.41, 5.74) is 4.20. The van der Waals surface area contributed by atoms with E-state index in [0.29, 0.717) is 37.2 Å². The zero-order chi connectivity index (χ0) is 22.9. The van der Waals surface area contributed by atoms with E-state index in [1.165, 1.54) is 11.3 Å². The summed E-state index contributed by atoms with van der Waals surface area (Å²) in [7, 11) is 0. The lowest BCUT2D eigenvalue weighted by Crippen LogP contribution is -2.13. The number of nitrogens with one attached hydrogen (secondary N) is 1. The number of rotatable bonds is 4. The van der Waals surface area contributed by atoms with E-state index in [0.717, 1.165) is 22.0 Å². The topological polar surface area (TPSA) is 54.9 Å². The summed E-state index contributed by atoms with van der Waals surface area (Å²) < 4.78 is 0. The van der Waals surface area contributed by atoms with Gasteiger partial charge in [0.1, 0.15) is 0 Å². The van der Waals surface area contributed by atoms with Gasteiger partial charge in [0.15, 0.2) is 5.13 Å². The van der Waals surface area contributed by atoms with Crippen molar-refractivity contribution >= 4 is 68.1 Å². The number of hydrogen-bond acceptors (Lipinski definition) is 4. The van der Waals surface area contributed by atoms with Crippen molar-refractivity contribution in [1.82, 2.24) is 9.97 Å². The van der Waals surface area contributed by atoms with Crippen molar-refractivity contribution in [3.05, 3.63) is 98.8 Å². The molecule has 2 aromatic heterocycles. The number of carbonyl (C=O) groups is 1. The number of amides is 1. The second-order valence-corrected chi connectivity index (χ2v) is 9.33. The van der Waals surface area contributed by atoms with Gasteiger partial charge in [0, 0.05) is 31.9 Å². The molecule has 3 aromatic carbocycles. The highest BCUT2D eigenvalue weighted by molar-refractivity contribution is 7.14. The van der Waals surface area contributed by atoms with E-state index in [9.17, 15) is 4.79 Å². The summed E-state index contributed by atoms with van der Waals surface area (Å²) in [6.07, 6.45) is 0. The summed E-state index contributed by atoms with van der Waals surface area (Å²) in [6, 6.07) is 21.9. The Kier molecular flexibility index (Phi) is 6.04. The molecule has 0 saturated carbocycles. The molecule has 8 heteroatoms. The van der Waals surface area contributed by atoms with Crippen molar-refractivity contribution in [3.8, 4) is 22.5 Å². The Morgan fingerprint density at radius 3 is 2.36 bits per heavy atom. The molecule has 0 spiro atoms. The standard InChI is InChI=1S/C25H14Cl3N3OS/c26-15-7-5-14(6-8-15)22-12-19(17-3-1-2-4-21(17)29-22)24(32)31-25-30-23(13-33-25)18-10-9-16(27)11-20(18)28/h1-13H,(H,30,31,32). The lowest BCUT2D eigenvalue weighted by Gasteiger charge is -2.10. The number of nitrogens with zero attached hydrogens (tertiary/aromatic N) is 2. The van der Waals surface area contributed by atoms with Gasteiger partial charge in [0.25, 0.3) is 5.91 Å². The predicted molar refractivity (Wildman–Crippen MR) is 138 cm³/mol. The van der Waals surface area contributed by atoms with Gasteiger partial charge >= 0.3 is 0 Å². The normalized spacial score (nSPS) is 11.0. The van der Waals surface area contributed by atoms with E-state index in [4.69, 9.17) is 39.8 Å². The van der Waals surface area contributed by atoms with Crippen LogP contribution in [-0.2, 0) is 0 Å². The molecule has 1 N–H and O–H groups in total. The largest absolute Gasteiger partial charge is 0.298 e. The zero-order valence-electron chi connectivity index (χ0n) is 16.9. The second-order valence-electron chi connectivity index (χ2n) is 7.20. The zero-order valence-corrected chi connectivity index (χ0v) is 19.9. The van der Waals surface area contributed by atoms with E-state index in [-0.39, 0.29) is 5.91 Å². The number of thiazole rings is 1. The number of aromatic nitrogens is 2. The smallest absolute Gasteiger partial charge is 0.258 e. The quantitative estimate of drug-likeness (QED) is 0.265. The Morgan fingerprint density at radius 1 is 0.818 bits per heavy atom. The van der Waals surface area contributed by atoms with Crippen molar-refractivity contribution in [1.29, 1.82) is 0 Å². The van der Waals surface area contributed by atoms with Crippen molar-refractivity contribution in [2.24, 2.45) is 0 Å². The van der Waals surface area contributed by atoms with Crippen LogP contribution in [0.15, 0.2) is 78.2 Å². The molecule has 0 saturated heterocycles. The first kappa shape index (κ1) is 21.9. The molecule has 0 aliphatic heterocycles. The first-order valence-electron chi connectivity index (χ1n) is 9.86. The molecule has 0 aliphatic rings. The van der Waals surface area contributed by atoms with Gasteiger partial charge in [0.05, 0.1) is 27.5 Å². The van der Waals surface area contributed by atoms with Crippen molar-refractivity contribution in [2.75, 3.05) is 5.32 Å². The maximum Gasteiger partial charge on any atom is 0.258 e. The van der Waals surface area contributed by atoms with Crippen LogP contribution in [0.5, 0.6) is 0 Å². The number of carbonyl (C=O) groups excluding carboxylic acids is 1. The Bertz CT molecular complexity index is 1500. The van der Waals surface area contributed by atoms with Crippen LogP contribution in [0.25, 0.3) is 33.4 Å². The number of anilines is 1. The van der Waals surface area contributed by atoms with Gasteiger partial charge in [-0.15, -0.1) is 11.3 Å². The molecule has 0 aliphatic carbocycles. The predicted octanol–water partition coefficient (Wildman–Crippen LogP) is 8.24. The average Bonchev–Trinajstić information content (AvgIpc) is 3.26. The number of para-hydroxylation sites is 1. The van der Waals surface area contributed by atoms with Crippen molar-refractivity contribution < 1.29 is 4.79 Å². The molecule has 0 bridgehead atoms. The maximum atomic E-state index is 13.3. The molecule has 1 amide bonds. The maximum absolute atomic E-state index is 13.3. The van der Waals surface area contributed by atoms with Gasteiger partial charge in [-0.05, 0) is 42.5 Å². The van der Waals surface area contributed by atoms with E-state index < -0.39 is 0 Å². The molecule has 5 aromatic rings. The summed E-state index contributed by atoms with van der Waals surface area (Å²) in [5.74, 6) is -0.271. The molecular formula is C25H14Cl3N3OS. The molecule has 5 rings (SSSR count). The molecule has 33 heavy (non-hydrogen) atoms. The van der Waals surface area contributed by atoms with Gasteiger partial charge < -0.3 is 0 Å². The molecule has 0 unspecified atom stereocenters. The van der Waals surface area contributed by atoms with Gasteiger partial charge in [-0.1, -0.05) is 65.1 Å². The third-order valence-corrected chi connectivity index (χ3v) is 6.59. The number of hydrogen-bond donors (Lipinski definition) is 1. The SMILES string of the molecule is O=C(Nc1nc(-c2ccc(Cl)cc2Cl)cs1)c1cc(-c2ccc(Cl)cc2)nc2ccccc12. The molecule has 2 heterocycles. The first-order valence-corrected chi connectivity index (χ1v) is 11.9. The summed E-state index contributed by atoms with van der Waals surface area (Å²) in [5, 5.41) is 7.66. The minimum atomic E-state index is -0.271. The fourth-order valence-electron chi connectivity index (χ4n) is 3.45. The third kappa shape index (κ3) is 4.59. The lowest BCUT2D eigenvalue weighted by atomic mass is 10.0. The van der Waals surface area contributed by atoms with Crippen LogP contribution in [0, 0.1) is 0 Å². The van der Waals surface area contributed by atoms with Gasteiger partial charge in [-0.2, -0.15) is 0 Å². The van der Waals surface area contributed by atoms with Crippen LogP contribution < -0.4 is 5.32 Å². The fourth-order valence-corrected chi connectivity index (χ4v) is 4.79. The summed E-state index contributed by atoms with van der Waals surface area (Å²) >= 11 is 19.6. The summed E-state index contributed by atoms with van der Waals surface area (Å²) in [6.45, 7) is 0. The molecule has 4 nitrogen and oxygen atoms in total. The van der Waals surface area contributed by atoms with E-state index >= 15 is 0 Å². The van der Waals surface area contributed by atoms with Crippen LogP contribution in [0.3, 0.4) is 0 Å². The Balaban J connectivity index is 1.50. The highest BCUT2D eigenvalue weighted by Crippen LogP contribution is 2.33. The summed E-state index contributed by atoms with van der Waals surface area (Å²) in [4.78, 5) is 22.5. The van der Waals surface area contributed by atoms with Crippen LogP contribution in [0.4, 0.5) is 5.13 Å². The monoisotopic (exact) mass is 509 g/mol. The highest BCUT2D eigenvalue weighted by atomic mass is 35.5. The van der Waals surface area contributed by atoms with Gasteiger partial charge in [-0.3, -0.25) is 10.1 Å². The van der Waals surface area contributed by atoms with Gasteiger partial charge in [-0.25, -0.2) is 9.97 Å². The van der Waals surface area contributed by atoms with Crippen LogP contribution in [-0.4, -0.2) is 15.9 Å². The Morgan fingerprint density at radius 2 is 1.58 bits per heavy atom. The van der Waals surface area contributed by atoms with Crippen molar-refractivity contribution in [3.63, 3.8) is 0 Å². The van der Waals surface area contributed by atoms with Crippen molar-refractivity contribution in [2.45, 2.75) is 0 Å². The van der Waals surface area contributed by atoms with E-state index in [1.807, 2.05) is 41.8 Å². The number of benzene rings is 3. The molecular weight excluding hydrogens is 497 g/mol. The van der Waals surface area contributed by atoms with Crippen LogP contribution in [0.2, 0.25) is 15.1 Å². The lowest BCUT2D eigenvalue weighted by molar-refractivity contribution is 0.102. The molecule has 162 valence electrons.